The molecule has 4 aliphatic heterocycles. The molecule has 0 bridgehead atoms. The van der Waals surface area contributed by atoms with E-state index in [2.05, 4.69) is 0 Å². The highest BCUT2D eigenvalue weighted by Gasteiger charge is 2.86. The fourth-order valence-corrected chi connectivity index (χ4v) is 2.98. The summed E-state index contributed by atoms with van der Waals surface area (Å²) in [5.74, 6) is -9.92. The van der Waals surface area contributed by atoms with Crippen molar-refractivity contribution in [2.24, 2.45) is 10.8 Å². The molecule has 0 radical (unpaired) electrons. The fourth-order valence-electron chi connectivity index (χ4n) is 2.98. The minimum absolute atomic E-state index is 0.00539. The number of hydrogen-bond donors (Lipinski definition) is 1. The Labute approximate surface area is 124 Å². The molecular formula is C11H4N4O8. The van der Waals surface area contributed by atoms with Crippen LogP contribution in [0, 0.1) is 10.8 Å². The van der Waals surface area contributed by atoms with Gasteiger partial charge in [0.05, 0.1) is 0 Å². The molecule has 0 aromatic carbocycles. The summed E-state index contributed by atoms with van der Waals surface area (Å²) in [4.78, 5) is 94.6. The third-order valence-electron chi connectivity index (χ3n) is 4.41. The van der Waals surface area contributed by atoms with E-state index in [1.165, 1.54) is 0 Å². The van der Waals surface area contributed by atoms with Crippen molar-refractivity contribution < 1.29 is 38.4 Å². The highest BCUT2D eigenvalue weighted by molar-refractivity contribution is 6.56. The van der Waals surface area contributed by atoms with Crippen LogP contribution in [0.3, 0.4) is 0 Å². The van der Waals surface area contributed by atoms with Crippen molar-refractivity contribution in [3.63, 3.8) is 0 Å². The number of carbonyl (C=O) groups excluding carboxylic acids is 8. The highest BCUT2D eigenvalue weighted by atomic mass is 16.3. The molecule has 0 unspecified atom stereocenters. The predicted octanol–water partition coefficient (Wildman–Crippen LogP) is -4.73. The molecule has 1 N–H and O–H groups in total. The lowest BCUT2D eigenvalue weighted by atomic mass is 9.68. The van der Waals surface area contributed by atoms with Crippen LogP contribution in [-0.2, 0) is 38.4 Å². The maximum absolute atomic E-state index is 12.1. The zero-order chi connectivity index (χ0) is 17.1. The molecular weight excluding hydrogens is 316 g/mol. The second-order valence-corrected chi connectivity index (χ2v) is 5.30. The van der Waals surface area contributed by atoms with Crippen LogP contribution >= 0.6 is 0 Å². The second-order valence-electron chi connectivity index (χ2n) is 5.30. The lowest BCUT2D eigenvalue weighted by molar-refractivity contribution is -0.230. The lowest BCUT2D eigenvalue weighted by Gasteiger charge is -2.57. The number of nitrogens with zero attached hydrogens (tertiary/aromatic N) is 3. The van der Waals surface area contributed by atoms with E-state index < -0.39 is 58.1 Å². The van der Waals surface area contributed by atoms with Crippen LogP contribution in [0.5, 0.6) is 0 Å². The van der Waals surface area contributed by atoms with Crippen LogP contribution in [0.2, 0.25) is 0 Å². The van der Waals surface area contributed by atoms with E-state index in [1.54, 1.807) is 5.32 Å². The number of amides is 8. The molecule has 8 amide bonds. The van der Waals surface area contributed by atoms with Crippen molar-refractivity contribution in [2.75, 3.05) is 7.05 Å². The summed E-state index contributed by atoms with van der Waals surface area (Å²) < 4.78 is 0. The van der Waals surface area contributed by atoms with E-state index in [4.69, 9.17) is 0 Å². The van der Waals surface area contributed by atoms with Crippen LogP contribution in [0.4, 0.5) is 0 Å². The Hall–Kier alpha value is -3.44. The Morgan fingerprint density at radius 2 is 0.957 bits per heavy atom. The smallest absolute Gasteiger partial charge is 0.288 e. The molecule has 4 heterocycles. The summed E-state index contributed by atoms with van der Waals surface area (Å²) in [5.41, 5.74) is -5.11. The first-order valence-electron chi connectivity index (χ1n) is 6.12. The van der Waals surface area contributed by atoms with Gasteiger partial charge in [-0.05, 0) is 0 Å². The Balaban J connectivity index is 1.66. The quantitative estimate of drug-likeness (QED) is 0.372. The van der Waals surface area contributed by atoms with Crippen LogP contribution < -0.4 is 5.32 Å². The Morgan fingerprint density at radius 1 is 0.609 bits per heavy atom. The molecule has 0 saturated carbocycles. The second kappa shape index (κ2) is 3.16. The Kier molecular flexibility index (Phi) is 1.82. The van der Waals surface area contributed by atoms with E-state index in [1.807, 2.05) is 0 Å². The molecule has 12 heteroatoms. The number of imide groups is 4. The number of nitrogens with one attached hydrogen (secondary N) is 1. The van der Waals surface area contributed by atoms with E-state index >= 15 is 0 Å². The first-order chi connectivity index (χ1) is 10.7. The summed E-state index contributed by atoms with van der Waals surface area (Å²) in [6, 6.07) is 0. The van der Waals surface area contributed by atoms with Crippen molar-refractivity contribution >= 4 is 47.3 Å². The summed E-state index contributed by atoms with van der Waals surface area (Å²) in [6.45, 7) is 0. The maximum Gasteiger partial charge on any atom is 0.288 e. The molecule has 0 aromatic heterocycles. The number of β-lactam (4-membered cyclic amide) rings is 8. The van der Waals surface area contributed by atoms with E-state index in [0.29, 0.717) is 4.90 Å². The van der Waals surface area contributed by atoms with Crippen molar-refractivity contribution in [2.45, 2.75) is 0 Å². The van der Waals surface area contributed by atoms with Gasteiger partial charge in [-0.1, -0.05) is 0 Å². The third-order valence-corrected chi connectivity index (χ3v) is 4.41. The van der Waals surface area contributed by atoms with E-state index in [9.17, 15) is 38.4 Å². The number of hydrogen-bond acceptors (Lipinski definition) is 8. The zero-order valence-electron chi connectivity index (χ0n) is 11.1. The van der Waals surface area contributed by atoms with Gasteiger partial charge in [-0.3, -0.25) is 48.6 Å². The predicted molar refractivity (Wildman–Crippen MR) is 59.5 cm³/mol. The summed E-state index contributed by atoms with van der Waals surface area (Å²) in [5, 5.41) is 1.70. The van der Waals surface area contributed by atoms with Gasteiger partial charge >= 0.3 is 0 Å². The van der Waals surface area contributed by atoms with Crippen LogP contribution in [0.1, 0.15) is 0 Å². The molecule has 4 aliphatic rings. The van der Waals surface area contributed by atoms with Gasteiger partial charge in [0.1, 0.15) is 0 Å². The van der Waals surface area contributed by atoms with Crippen LogP contribution in [0.25, 0.3) is 0 Å². The maximum atomic E-state index is 12.1. The summed E-state index contributed by atoms with van der Waals surface area (Å²) in [7, 11) is 1.06. The molecule has 2 spiro atoms. The van der Waals surface area contributed by atoms with E-state index in [-0.39, 0.29) is 10.0 Å². The van der Waals surface area contributed by atoms with Gasteiger partial charge in [0, 0.05) is 7.05 Å². The molecule has 0 aliphatic carbocycles. The van der Waals surface area contributed by atoms with Gasteiger partial charge in [-0.25, -0.2) is 0 Å². The monoisotopic (exact) mass is 320 g/mol. The number of carbonyl (C=O) groups is 8. The molecule has 4 fully saturated rings. The molecule has 0 aromatic rings. The normalized spacial score (nSPS) is 27.1. The third kappa shape index (κ3) is 0.868. The molecule has 0 atom stereocenters. The SMILES string of the molecule is CN1C(=O)C2(C1=O)C(=O)N(N1C(=O)C3(C(=O)NC3=O)C1=O)C2=O. The highest BCUT2D eigenvalue weighted by Crippen LogP contribution is 2.49. The number of rotatable bonds is 1. The summed E-state index contributed by atoms with van der Waals surface area (Å²) >= 11 is 0. The van der Waals surface area contributed by atoms with Gasteiger partial charge in [0.15, 0.2) is 0 Å². The van der Waals surface area contributed by atoms with Crippen molar-refractivity contribution in [1.82, 2.24) is 20.2 Å². The van der Waals surface area contributed by atoms with E-state index in [0.717, 1.165) is 7.05 Å². The van der Waals surface area contributed by atoms with Crippen molar-refractivity contribution in [3.8, 4) is 0 Å². The summed E-state index contributed by atoms with van der Waals surface area (Å²) in [6.07, 6.45) is 0. The van der Waals surface area contributed by atoms with Crippen LogP contribution in [0.15, 0.2) is 0 Å². The first-order valence-corrected chi connectivity index (χ1v) is 6.12. The largest absolute Gasteiger partial charge is 0.293 e. The minimum atomic E-state index is -2.56. The average Bonchev–Trinajstić information content (AvgIpc) is 2.52. The van der Waals surface area contributed by atoms with Crippen molar-refractivity contribution in [3.05, 3.63) is 0 Å². The fraction of sp³-hybridized carbons (Fsp3) is 0.273. The van der Waals surface area contributed by atoms with Crippen molar-refractivity contribution in [1.29, 1.82) is 0 Å². The molecule has 4 rings (SSSR count). The zero-order valence-corrected chi connectivity index (χ0v) is 11.1. The first kappa shape index (κ1) is 13.2. The van der Waals surface area contributed by atoms with Gasteiger partial charge in [0.25, 0.3) is 58.1 Å². The Bertz CT molecular complexity index is 790. The van der Waals surface area contributed by atoms with Crippen LogP contribution in [-0.4, -0.2) is 69.2 Å². The Morgan fingerprint density at radius 3 is 1.30 bits per heavy atom. The van der Waals surface area contributed by atoms with Gasteiger partial charge in [0.2, 0.25) is 0 Å². The molecule has 12 nitrogen and oxygen atoms in total. The van der Waals surface area contributed by atoms with Gasteiger partial charge < -0.3 is 0 Å². The van der Waals surface area contributed by atoms with Gasteiger partial charge in [-0.2, -0.15) is 10.0 Å². The molecule has 23 heavy (non-hydrogen) atoms. The number of hydrazine groups is 1. The van der Waals surface area contributed by atoms with Gasteiger partial charge in [-0.15, -0.1) is 0 Å². The number of likely N-dealkylation sites (tertiary alicyclic amines) is 1. The average molecular weight is 320 g/mol. The standard InChI is InChI=1S/C11H4N4O8/c1-13-4(18)11(5(13)19)8(22)15(9(11)23)14-6(20)10(7(14)21)2(16)12-3(10)17/h1H3,(H,12,16,17). The molecule has 4 saturated heterocycles. The molecule has 116 valence electrons. The topological polar surface area (TPSA) is 158 Å². The lowest BCUT2D eigenvalue weighted by Crippen LogP contribution is -2.92. The minimum Gasteiger partial charge on any atom is -0.293 e.